The van der Waals surface area contributed by atoms with E-state index in [0.717, 1.165) is 18.4 Å². The van der Waals surface area contributed by atoms with E-state index in [9.17, 15) is 4.79 Å². The van der Waals surface area contributed by atoms with Gasteiger partial charge >= 0.3 is 5.97 Å². The van der Waals surface area contributed by atoms with Crippen LogP contribution in [0.1, 0.15) is 39.2 Å². The topological polar surface area (TPSA) is 44.8 Å². The number of ether oxygens (including phenoxy) is 3. The van der Waals surface area contributed by atoms with Crippen molar-refractivity contribution < 1.29 is 19.0 Å². The molecule has 0 radical (unpaired) electrons. The van der Waals surface area contributed by atoms with Gasteiger partial charge in [-0.25, -0.2) is 4.79 Å². The van der Waals surface area contributed by atoms with Crippen molar-refractivity contribution in [3.05, 3.63) is 53.1 Å². The molecule has 0 heterocycles. The molecule has 0 aliphatic carbocycles. The Morgan fingerprint density at radius 2 is 1.84 bits per heavy atom. The van der Waals surface area contributed by atoms with Crippen LogP contribution in [0.3, 0.4) is 0 Å². The maximum Gasteiger partial charge on any atom is 0.330 e. The molecule has 0 fully saturated rings. The third-order valence-electron chi connectivity index (χ3n) is 3.56. The fourth-order valence-corrected chi connectivity index (χ4v) is 2.10. The van der Waals surface area contributed by atoms with Crippen molar-refractivity contribution in [1.82, 2.24) is 0 Å². The predicted octanol–water partition coefficient (Wildman–Crippen LogP) is 4.95. The fourth-order valence-electron chi connectivity index (χ4n) is 2.10. The molecule has 0 bridgehead atoms. The zero-order valence-corrected chi connectivity index (χ0v) is 15.8. The summed E-state index contributed by atoms with van der Waals surface area (Å²) in [4.78, 5) is 11.1. The third-order valence-corrected chi connectivity index (χ3v) is 3.56. The Hall–Kier alpha value is -2.49. The monoisotopic (exact) mass is 344 g/mol. The van der Waals surface area contributed by atoms with E-state index in [4.69, 9.17) is 9.47 Å². The first-order valence-corrected chi connectivity index (χ1v) is 8.32. The van der Waals surface area contributed by atoms with E-state index in [-0.39, 0.29) is 0 Å². The van der Waals surface area contributed by atoms with Crippen LogP contribution in [-0.2, 0) is 9.53 Å². The SMILES string of the molecule is COC(=O)C=Cc1ccc(OCC=C(C)CCC=C(C)C)c(OC)c1. The van der Waals surface area contributed by atoms with Crippen molar-refractivity contribution in [1.29, 1.82) is 0 Å². The average molecular weight is 344 g/mol. The van der Waals surface area contributed by atoms with Crippen LogP contribution in [0.25, 0.3) is 6.08 Å². The third kappa shape index (κ3) is 8.25. The Kier molecular flexibility index (Phi) is 9.15. The molecule has 0 aromatic heterocycles. The summed E-state index contributed by atoms with van der Waals surface area (Å²) in [5, 5.41) is 0. The van der Waals surface area contributed by atoms with Crippen molar-refractivity contribution in [2.45, 2.75) is 33.6 Å². The second-order valence-electron chi connectivity index (χ2n) is 5.95. The molecule has 4 heteroatoms. The molecule has 4 nitrogen and oxygen atoms in total. The summed E-state index contributed by atoms with van der Waals surface area (Å²) in [7, 11) is 2.94. The van der Waals surface area contributed by atoms with Gasteiger partial charge in [0.2, 0.25) is 0 Å². The van der Waals surface area contributed by atoms with Gasteiger partial charge in [-0.15, -0.1) is 0 Å². The van der Waals surface area contributed by atoms with Gasteiger partial charge in [0.05, 0.1) is 14.2 Å². The number of allylic oxidation sites excluding steroid dienone is 3. The molecule has 0 saturated heterocycles. The van der Waals surface area contributed by atoms with E-state index in [1.165, 1.54) is 24.3 Å². The zero-order valence-electron chi connectivity index (χ0n) is 15.8. The second kappa shape index (κ2) is 11.1. The molecule has 0 aliphatic heterocycles. The number of hydrogen-bond acceptors (Lipinski definition) is 4. The van der Waals surface area contributed by atoms with Crippen molar-refractivity contribution >= 4 is 12.0 Å². The van der Waals surface area contributed by atoms with Crippen molar-refractivity contribution in [2.24, 2.45) is 0 Å². The van der Waals surface area contributed by atoms with Gasteiger partial charge in [-0.1, -0.05) is 23.3 Å². The van der Waals surface area contributed by atoms with Gasteiger partial charge in [-0.3, -0.25) is 0 Å². The molecule has 0 saturated carbocycles. The molecule has 0 atom stereocenters. The van der Waals surface area contributed by atoms with Crippen LogP contribution < -0.4 is 9.47 Å². The minimum Gasteiger partial charge on any atom is -0.493 e. The first-order valence-electron chi connectivity index (χ1n) is 8.32. The van der Waals surface area contributed by atoms with Gasteiger partial charge in [0.25, 0.3) is 0 Å². The molecule has 1 rings (SSSR count). The molecule has 1 aromatic carbocycles. The summed E-state index contributed by atoms with van der Waals surface area (Å²) in [5.41, 5.74) is 3.48. The minimum absolute atomic E-state index is 0.395. The minimum atomic E-state index is -0.395. The second-order valence-corrected chi connectivity index (χ2v) is 5.95. The van der Waals surface area contributed by atoms with Crippen molar-refractivity contribution in [2.75, 3.05) is 20.8 Å². The highest BCUT2D eigenvalue weighted by atomic mass is 16.5. The van der Waals surface area contributed by atoms with Gasteiger partial charge in [0, 0.05) is 6.08 Å². The fraction of sp³-hybridized carbons (Fsp3) is 0.381. The van der Waals surface area contributed by atoms with Crippen LogP contribution in [0.4, 0.5) is 0 Å². The van der Waals surface area contributed by atoms with Crippen LogP contribution in [0, 0.1) is 0 Å². The predicted molar refractivity (Wildman–Crippen MR) is 102 cm³/mol. The van der Waals surface area contributed by atoms with E-state index in [0.29, 0.717) is 18.1 Å². The van der Waals surface area contributed by atoms with Crippen LogP contribution in [-0.4, -0.2) is 26.8 Å². The first-order chi connectivity index (χ1) is 12.0. The number of methoxy groups -OCH3 is 2. The molecule has 25 heavy (non-hydrogen) atoms. The van der Waals surface area contributed by atoms with Crippen LogP contribution in [0.2, 0.25) is 0 Å². The van der Waals surface area contributed by atoms with Crippen LogP contribution in [0.15, 0.2) is 47.6 Å². The van der Waals surface area contributed by atoms with E-state index >= 15 is 0 Å². The Balaban J connectivity index is 2.65. The Morgan fingerprint density at radius 3 is 2.48 bits per heavy atom. The molecule has 0 N–H and O–H groups in total. The number of carbonyl (C=O) groups excluding carboxylic acids is 1. The quantitative estimate of drug-likeness (QED) is 0.361. The maximum atomic E-state index is 11.1. The van der Waals surface area contributed by atoms with Gasteiger partial charge in [0.15, 0.2) is 11.5 Å². The van der Waals surface area contributed by atoms with Crippen LogP contribution in [0.5, 0.6) is 11.5 Å². The van der Waals surface area contributed by atoms with Gasteiger partial charge in [0.1, 0.15) is 6.61 Å². The number of carbonyl (C=O) groups is 1. The zero-order chi connectivity index (χ0) is 18.7. The number of hydrogen-bond donors (Lipinski definition) is 0. The smallest absolute Gasteiger partial charge is 0.330 e. The lowest BCUT2D eigenvalue weighted by Gasteiger charge is -2.10. The molecular formula is C21H28O4. The summed E-state index contributed by atoms with van der Waals surface area (Å²) in [6, 6.07) is 5.52. The standard InChI is InChI=1S/C21H28O4/c1-16(2)7-6-8-17(3)13-14-25-19-11-9-18(15-20(19)23-4)10-12-21(22)24-5/h7,9-13,15H,6,8,14H2,1-5H3. The lowest BCUT2D eigenvalue weighted by atomic mass is 10.1. The highest BCUT2D eigenvalue weighted by Gasteiger charge is 2.04. The molecule has 0 unspecified atom stereocenters. The summed E-state index contributed by atoms with van der Waals surface area (Å²) in [6.07, 6.45) is 9.45. The Bertz CT molecular complexity index is 650. The van der Waals surface area contributed by atoms with E-state index in [2.05, 4.69) is 37.7 Å². The lowest BCUT2D eigenvalue weighted by Crippen LogP contribution is -1.98. The van der Waals surface area contributed by atoms with Crippen LogP contribution >= 0.6 is 0 Å². The number of benzene rings is 1. The summed E-state index contributed by atoms with van der Waals surface area (Å²) >= 11 is 0. The van der Waals surface area contributed by atoms with Gasteiger partial charge in [-0.2, -0.15) is 0 Å². The van der Waals surface area contributed by atoms with Crippen molar-refractivity contribution in [3.63, 3.8) is 0 Å². The number of esters is 1. The van der Waals surface area contributed by atoms with Crippen molar-refractivity contribution in [3.8, 4) is 11.5 Å². The lowest BCUT2D eigenvalue weighted by molar-refractivity contribution is -0.134. The highest BCUT2D eigenvalue weighted by Crippen LogP contribution is 2.28. The summed E-state index contributed by atoms with van der Waals surface area (Å²) in [6.45, 7) is 6.82. The first kappa shape index (κ1) is 20.6. The van der Waals surface area contributed by atoms with E-state index in [1.54, 1.807) is 13.2 Å². The largest absolute Gasteiger partial charge is 0.493 e. The molecule has 1 aromatic rings. The van der Waals surface area contributed by atoms with Gasteiger partial charge < -0.3 is 14.2 Å². The maximum absolute atomic E-state index is 11.1. The highest BCUT2D eigenvalue weighted by molar-refractivity contribution is 5.87. The molecule has 136 valence electrons. The average Bonchev–Trinajstić information content (AvgIpc) is 2.59. The molecule has 0 amide bonds. The van der Waals surface area contributed by atoms with Gasteiger partial charge in [-0.05, 0) is 63.5 Å². The normalized spacial score (nSPS) is 11.3. The molecular weight excluding hydrogens is 316 g/mol. The van der Waals surface area contributed by atoms with E-state index < -0.39 is 5.97 Å². The van der Waals surface area contributed by atoms with E-state index in [1.807, 2.05) is 18.2 Å². The Labute approximate surface area is 150 Å². The molecule has 0 spiro atoms. The summed E-state index contributed by atoms with van der Waals surface area (Å²) < 4.78 is 15.7. The number of rotatable bonds is 9. The summed E-state index contributed by atoms with van der Waals surface area (Å²) in [5.74, 6) is 0.904. The Morgan fingerprint density at radius 1 is 1.08 bits per heavy atom. The molecule has 0 aliphatic rings.